The van der Waals surface area contributed by atoms with E-state index < -0.39 is 0 Å². The average molecular weight is 280 g/mol. The van der Waals surface area contributed by atoms with Gasteiger partial charge in [-0.05, 0) is 45.7 Å². The lowest BCUT2D eigenvalue weighted by atomic mass is 10.1. The van der Waals surface area contributed by atoms with Gasteiger partial charge >= 0.3 is 0 Å². The summed E-state index contributed by atoms with van der Waals surface area (Å²) in [7, 11) is 1.78. The molecule has 4 heteroatoms. The maximum atomic E-state index is 5.67. The second-order valence-corrected chi connectivity index (χ2v) is 6.82. The SMILES string of the molecule is COCC1CCN(Cc2occc2CNC(C)(C)C)C1. The van der Waals surface area contributed by atoms with E-state index >= 15 is 0 Å². The zero-order valence-electron chi connectivity index (χ0n) is 13.2. The fourth-order valence-electron chi connectivity index (χ4n) is 2.65. The monoisotopic (exact) mass is 280 g/mol. The topological polar surface area (TPSA) is 37.6 Å². The maximum Gasteiger partial charge on any atom is 0.122 e. The van der Waals surface area contributed by atoms with Crippen molar-refractivity contribution in [2.45, 2.75) is 45.8 Å². The summed E-state index contributed by atoms with van der Waals surface area (Å²) in [6.45, 7) is 11.4. The van der Waals surface area contributed by atoms with Gasteiger partial charge in [0.1, 0.15) is 5.76 Å². The fourth-order valence-corrected chi connectivity index (χ4v) is 2.65. The van der Waals surface area contributed by atoms with Crippen molar-refractivity contribution in [3.05, 3.63) is 23.7 Å². The highest BCUT2D eigenvalue weighted by Crippen LogP contribution is 2.21. The first-order chi connectivity index (χ1) is 9.48. The van der Waals surface area contributed by atoms with Crippen molar-refractivity contribution in [3.63, 3.8) is 0 Å². The summed E-state index contributed by atoms with van der Waals surface area (Å²) in [5, 5.41) is 3.52. The third-order valence-corrected chi connectivity index (χ3v) is 3.79. The van der Waals surface area contributed by atoms with Crippen LogP contribution in [0.3, 0.4) is 0 Å². The molecule has 1 aliphatic rings. The first kappa shape index (κ1) is 15.5. The average Bonchev–Trinajstić information content (AvgIpc) is 2.97. The van der Waals surface area contributed by atoms with Crippen LogP contribution in [0.15, 0.2) is 16.7 Å². The molecule has 0 amide bonds. The Bertz CT molecular complexity index is 409. The van der Waals surface area contributed by atoms with E-state index in [0.717, 1.165) is 38.5 Å². The molecule has 2 heterocycles. The zero-order valence-corrected chi connectivity index (χ0v) is 13.2. The largest absolute Gasteiger partial charge is 0.468 e. The van der Waals surface area contributed by atoms with Gasteiger partial charge < -0.3 is 14.5 Å². The third kappa shape index (κ3) is 4.62. The van der Waals surface area contributed by atoms with E-state index in [0.29, 0.717) is 5.92 Å². The number of nitrogens with one attached hydrogen (secondary N) is 1. The number of rotatable bonds is 6. The highest BCUT2D eigenvalue weighted by atomic mass is 16.5. The van der Waals surface area contributed by atoms with Crippen molar-refractivity contribution < 1.29 is 9.15 Å². The second kappa shape index (κ2) is 6.74. The number of methoxy groups -OCH3 is 1. The Hall–Kier alpha value is -0.840. The molecule has 1 aromatic heterocycles. The summed E-state index contributed by atoms with van der Waals surface area (Å²) in [5.74, 6) is 1.77. The Morgan fingerprint density at radius 1 is 1.45 bits per heavy atom. The molecule has 1 aliphatic heterocycles. The van der Waals surface area contributed by atoms with Crippen LogP contribution < -0.4 is 5.32 Å². The molecule has 1 aromatic rings. The molecule has 1 unspecified atom stereocenters. The second-order valence-electron chi connectivity index (χ2n) is 6.82. The predicted molar refractivity (Wildman–Crippen MR) is 80.6 cm³/mol. The van der Waals surface area contributed by atoms with Gasteiger partial charge in [0, 0.05) is 31.3 Å². The van der Waals surface area contributed by atoms with Crippen LogP contribution in [0.4, 0.5) is 0 Å². The first-order valence-corrected chi connectivity index (χ1v) is 7.49. The summed E-state index contributed by atoms with van der Waals surface area (Å²) in [5.41, 5.74) is 1.40. The molecule has 1 atom stereocenters. The summed E-state index contributed by atoms with van der Waals surface area (Å²) >= 11 is 0. The standard InChI is InChI=1S/C16H28N2O2/c1-16(2,3)17-9-14-6-8-20-15(14)11-18-7-5-13(10-18)12-19-4/h6,8,13,17H,5,7,9-12H2,1-4H3. The van der Waals surface area contributed by atoms with E-state index in [1.54, 1.807) is 13.4 Å². The van der Waals surface area contributed by atoms with E-state index in [1.165, 1.54) is 12.0 Å². The van der Waals surface area contributed by atoms with E-state index in [4.69, 9.17) is 9.15 Å². The van der Waals surface area contributed by atoms with Crippen LogP contribution in [0.25, 0.3) is 0 Å². The molecular formula is C16H28N2O2. The van der Waals surface area contributed by atoms with Gasteiger partial charge in [-0.1, -0.05) is 0 Å². The summed E-state index contributed by atoms with van der Waals surface area (Å²) in [6, 6.07) is 2.08. The minimum atomic E-state index is 0.131. The number of likely N-dealkylation sites (tertiary alicyclic amines) is 1. The first-order valence-electron chi connectivity index (χ1n) is 7.49. The predicted octanol–water partition coefficient (Wildman–Crippen LogP) is 2.64. The molecule has 0 saturated carbocycles. The maximum absolute atomic E-state index is 5.67. The highest BCUT2D eigenvalue weighted by Gasteiger charge is 2.24. The highest BCUT2D eigenvalue weighted by molar-refractivity contribution is 5.17. The van der Waals surface area contributed by atoms with Gasteiger partial charge in [0.2, 0.25) is 0 Å². The van der Waals surface area contributed by atoms with Crippen molar-refractivity contribution in [2.24, 2.45) is 5.92 Å². The molecule has 1 saturated heterocycles. The molecule has 1 fully saturated rings. The molecule has 0 bridgehead atoms. The van der Waals surface area contributed by atoms with E-state index in [-0.39, 0.29) is 5.54 Å². The van der Waals surface area contributed by atoms with Crippen LogP contribution >= 0.6 is 0 Å². The number of furan rings is 1. The Kier molecular flexibility index (Phi) is 5.24. The van der Waals surface area contributed by atoms with Gasteiger partial charge in [-0.25, -0.2) is 0 Å². The van der Waals surface area contributed by atoms with E-state index in [1.807, 2.05) is 0 Å². The lowest BCUT2D eigenvalue weighted by Crippen LogP contribution is -2.35. The lowest BCUT2D eigenvalue weighted by molar-refractivity contribution is 0.151. The number of ether oxygens (including phenoxy) is 1. The number of hydrogen-bond acceptors (Lipinski definition) is 4. The third-order valence-electron chi connectivity index (χ3n) is 3.79. The van der Waals surface area contributed by atoms with Crippen LogP contribution in [-0.2, 0) is 17.8 Å². The molecule has 4 nitrogen and oxygen atoms in total. The zero-order chi connectivity index (χ0) is 14.6. The number of nitrogens with zero attached hydrogens (tertiary/aromatic N) is 1. The molecule has 1 N–H and O–H groups in total. The van der Waals surface area contributed by atoms with Crippen LogP contribution in [0, 0.1) is 5.92 Å². The lowest BCUT2D eigenvalue weighted by Gasteiger charge is -2.21. The van der Waals surface area contributed by atoms with Crippen molar-refractivity contribution in [3.8, 4) is 0 Å². The molecule has 0 spiro atoms. The summed E-state index contributed by atoms with van der Waals surface area (Å²) in [4.78, 5) is 2.46. The van der Waals surface area contributed by atoms with Crippen molar-refractivity contribution in [1.82, 2.24) is 10.2 Å². The molecule has 114 valence electrons. The van der Waals surface area contributed by atoms with Gasteiger partial charge in [-0.15, -0.1) is 0 Å². The molecule has 0 aromatic carbocycles. The van der Waals surface area contributed by atoms with Crippen LogP contribution in [0.5, 0.6) is 0 Å². The minimum Gasteiger partial charge on any atom is -0.468 e. The molecule has 0 aliphatic carbocycles. The van der Waals surface area contributed by atoms with Crippen molar-refractivity contribution in [1.29, 1.82) is 0 Å². The smallest absolute Gasteiger partial charge is 0.122 e. The molecule has 2 rings (SSSR count). The molecule has 0 radical (unpaired) electrons. The van der Waals surface area contributed by atoms with Crippen LogP contribution in [0.1, 0.15) is 38.5 Å². The summed E-state index contributed by atoms with van der Waals surface area (Å²) < 4.78 is 10.9. The quantitative estimate of drug-likeness (QED) is 0.869. The van der Waals surface area contributed by atoms with E-state index in [9.17, 15) is 0 Å². The minimum absolute atomic E-state index is 0.131. The summed E-state index contributed by atoms with van der Waals surface area (Å²) in [6.07, 6.45) is 3.03. The Balaban J connectivity index is 1.86. The Morgan fingerprint density at radius 2 is 2.25 bits per heavy atom. The van der Waals surface area contributed by atoms with Gasteiger partial charge in [-0.3, -0.25) is 4.90 Å². The van der Waals surface area contributed by atoms with Gasteiger partial charge in [0.15, 0.2) is 0 Å². The Labute approximate surface area is 122 Å². The normalized spacial score (nSPS) is 20.7. The van der Waals surface area contributed by atoms with Crippen molar-refractivity contribution in [2.75, 3.05) is 26.8 Å². The van der Waals surface area contributed by atoms with Gasteiger partial charge in [0.05, 0.1) is 19.4 Å². The Morgan fingerprint density at radius 3 is 2.95 bits per heavy atom. The molecule has 20 heavy (non-hydrogen) atoms. The van der Waals surface area contributed by atoms with Crippen molar-refractivity contribution >= 4 is 0 Å². The number of hydrogen-bond donors (Lipinski definition) is 1. The van der Waals surface area contributed by atoms with E-state index in [2.05, 4.69) is 37.1 Å². The fraction of sp³-hybridized carbons (Fsp3) is 0.750. The van der Waals surface area contributed by atoms with Crippen LogP contribution in [0.2, 0.25) is 0 Å². The molecular weight excluding hydrogens is 252 g/mol. The van der Waals surface area contributed by atoms with Gasteiger partial charge in [0.25, 0.3) is 0 Å². The van der Waals surface area contributed by atoms with Gasteiger partial charge in [-0.2, -0.15) is 0 Å². The van der Waals surface area contributed by atoms with Crippen LogP contribution in [-0.4, -0.2) is 37.2 Å².